The van der Waals surface area contributed by atoms with Crippen molar-refractivity contribution in [2.75, 3.05) is 0 Å². The van der Waals surface area contributed by atoms with Crippen molar-refractivity contribution in [3.8, 4) is 5.75 Å². The molecule has 0 aliphatic heterocycles. The van der Waals surface area contributed by atoms with Crippen molar-refractivity contribution in [2.24, 2.45) is 0 Å². The second kappa shape index (κ2) is 5.74. The molecule has 0 bridgehead atoms. The number of carboxylic acids is 1. The van der Waals surface area contributed by atoms with Gasteiger partial charge in [-0.05, 0) is 30.3 Å². The molecule has 6 heteroatoms. The highest BCUT2D eigenvalue weighted by Gasteiger charge is 2.39. The summed E-state index contributed by atoms with van der Waals surface area (Å²) in [7, 11) is -2.02. The van der Waals surface area contributed by atoms with Crippen molar-refractivity contribution in [1.29, 1.82) is 0 Å². The molecule has 2 aromatic rings. The first kappa shape index (κ1) is 17.1. The first-order valence-electron chi connectivity index (χ1n) is 7.11. The fourth-order valence-corrected chi connectivity index (χ4v) is 3.55. The van der Waals surface area contributed by atoms with E-state index in [0.29, 0.717) is 22.2 Å². The number of furan rings is 1. The van der Waals surface area contributed by atoms with Gasteiger partial charge in [-0.1, -0.05) is 42.8 Å². The molecule has 0 amide bonds. The Hall–Kier alpha value is -1.27. The lowest BCUT2D eigenvalue weighted by molar-refractivity contribution is 0.0664. The molecule has 0 spiro atoms. The molecule has 1 aromatic carbocycles. The summed E-state index contributed by atoms with van der Waals surface area (Å²) in [4.78, 5) is 11.4. The predicted octanol–water partition coefficient (Wildman–Crippen LogP) is 5.41. The lowest BCUT2D eigenvalue weighted by atomic mass is 10.1. The van der Waals surface area contributed by atoms with Crippen LogP contribution in [-0.4, -0.2) is 19.4 Å². The van der Waals surface area contributed by atoms with E-state index in [1.807, 2.05) is 12.1 Å². The number of hydrogen-bond acceptors (Lipinski definition) is 3. The molecule has 0 aliphatic carbocycles. The van der Waals surface area contributed by atoms with Crippen LogP contribution in [0.15, 0.2) is 22.6 Å². The van der Waals surface area contributed by atoms with E-state index in [4.69, 9.17) is 8.84 Å². The summed E-state index contributed by atoms with van der Waals surface area (Å²) < 4.78 is 11.9. The van der Waals surface area contributed by atoms with Gasteiger partial charge in [0.15, 0.2) is 0 Å². The van der Waals surface area contributed by atoms with Crippen LogP contribution in [0, 0.1) is 0 Å². The second-order valence-electron chi connectivity index (χ2n) is 6.84. The summed E-state index contributed by atoms with van der Waals surface area (Å²) in [6.07, 6.45) is 0. The van der Waals surface area contributed by atoms with Gasteiger partial charge in [0.25, 0.3) is 8.32 Å². The Morgan fingerprint density at radius 2 is 2.00 bits per heavy atom. The predicted molar refractivity (Wildman–Crippen MR) is 93.6 cm³/mol. The van der Waals surface area contributed by atoms with Crippen LogP contribution in [0.5, 0.6) is 5.75 Å². The van der Waals surface area contributed by atoms with Crippen molar-refractivity contribution in [2.45, 2.75) is 44.2 Å². The molecule has 2 rings (SSSR count). The van der Waals surface area contributed by atoms with Gasteiger partial charge in [0, 0.05) is 10.9 Å². The van der Waals surface area contributed by atoms with Gasteiger partial charge in [-0.15, -0.1) is 0 Å². The van der Waals surface area contributed by atoms with Gasteiger partial charge < -0.3 is 13.9 Å². The zero-order valence-corrected chi connectivity index (χ0v) is 16.1. The molecule has 1 N–H and O–H groups in total. The molecule has 0 radical (unpaired) electrons. The molecule has 4 nitrogen and oxygen atoms in total. The summed E-state index contributed by atoms with van der Waals surface area (Å²) in [5.41, 5.74) is 1.17. The molecule has 0 atom stereocenters. The van der Waals surface area contributed by atoms with Crippen LogP contribution in [0.2, 0.25) is 18.1 Å². The van der Waals surface area contributed by atoms with Crippen molar-refractivity contribution in [1.82, 2.24) is 0 Å². The molecule has 1 aromatic heterocycles. The van der Waals surface area contributed by atoms with Crippen LogP contribution in [0.4, 0.5) is 0 Å². The number of carbonyl (C=O) groups is 1. The van der Waals surface area contributed by atoms with E-state index in [1.54, 1.807) is 6.07 Å². The van der Waals surface area contributed by atoms with E-state index >= 15 is 0 Å². The Morgan fingerprint density at radius 3 is 2.50 bits per heavy atom. The lowest BCUT2D eigenvalue weighted by Gasteiger charge is -2.36. The monoisotopic (exact) mass is 384 g/mol. The van der Waals surface area contributed by atoms with Gasteiger partial charge in [0.2, 0.25) is 5.76 Å². The number of alkyl halides is 1. The molecule has 0 fully saturated rings. The van der Waals surface area contributed by atoms with Gasteiger partial charge in [-0.25, -0.2) is 4.79 Å². The molecular weight excluding hydrogens is 364 g/mol. The van der Waals surface area contributed by atoms with Crippen LogP contribution in [0.3, 0.4) is 0 Å². The Labute approximate surface area is 139 Å². The van der Waals surface area contributed by atoms with Crippen LogP contribution in [0.1, 0.15) is 36.9 Å². The molecule has 120 valence electrons. The molecule has 0 saturated carbocycles. The minimum Gasteiger partial charge on any atom is -0.543 e. The van der Waals surface area contributed by atoms with Crippen LogP contribution in [-0.2, 0) is 5.33 Å². The van der Waals surface area contributed by atoms with E-state index in [-0.39, 0.29) is 10.8 Å². The largest absolute Gasteiger partial charge is 0.543 e. The number of aromatic carboxylic acids is 1. The van der Waals surface area contributed by atoms with Crippen molar-refractivity contribution in [3.05, 3.63) is 29.5 Å². The summed E-state index contributed by atoms with van der Waals surface area (Å²) >= 11 is 3.36. The number of benzene rings is 1. The van der Waals surface area contributed by atoms with Gasteiger partial charge in [0.1, 0.15) is 11.3 Å². The van der Waals surface area contributed by atoms with Crippen molar-refractivity contribution < 1.29 is 18.7 Å². The number of rotatable bonds is 4. The van der Waals surface area contributed by atoms with E-state index in [0.717, 1.165) is 5.39 Å². The first-order chi connectivity index (χ1) is 10.1. The summed E-state index contributed by atoms with van der Waals surface area (Å²) in [6, 6.07) is 5.49. The minimum atomic E-state index is -2.02. The molecule has 1 heterocycles. The van der Waals surface area contributed by atoms with Gasteiger partial charge >= 0.3 is 5.97 Å². The number of carboxylic acid groups (broad SMARTS) is 1. The van der Waals surface area contributed by atoms with Gasteiger partial charge in [-0.3, -0.25) is 0 Å². The average molecular weight is 385 g/mol. The quantitative estimate of drug-likeness (QED) is 0.565. The third-order valence-corrected chi connectivity index (χ3v) is 9.18. The summed E-state index contributed by atoms with van der Waals surface area (Å²) in [5.74, 6) is -0.392. The Morgan fingerprint density at radius 1 is 1.36 bits per heavy atom. The summed E-state index contributed by atoms with van der Waals surface area (Å²) in [5, 5.41) is 10.5. The minimum absolute atomic E-state index is 0.0295. The van der Waals surface area contributed by atoms with E-state index in [1.165, 1.54) is 0 Å². The fraction of sp³-hybridized carbons (Fsp3) is 0.438. The first-order valence-corrected chi connectivity index (χ1v) is 11.1. The van der Waals surface area contributed by atoms with Crippen LogP contribution < -0.4 is 4.43 Å². The fourth-order valence-electron chi connectivity index (χ4n) is 1.99. The SMILES string of the molecule is CC(C)(C)[Si](C)(C)Oc1cccc2oc(C(=O)O)c(CBr)c12. The highest BCUT2D eigenvalue weighted by Crippen LogP contribution is 2.41. The highest BCUT2D eigenvalue weighted by atomic mass is 79.9. The Kier molecular flexibility index (Phi) is 4.46. The zero-order valence-electron chi connectivity index (χ0n) is 13.5. The third kappa shape index (κ3) is 2.94. The summed E-state index contributed by atoms with van der Waals surface area (Å²) in [6.45, 7) is 10.8. The van der Waals surface area contributed by atoms with Crippen molar-refractivity contribution >= 4 is 41.2 Å². The lowest BCUT2D eigenvalue weighted by Crippen LogP contribution is -2.43. The smallest absolute Gasteiger partial charge is 0.372 e. The zero-order chi connectivity index (χ0) is 16.7. The highest BCUT2D eigenvalue weighted by molar-refractivity contribution is 9.08. The molecular formula is C16H21BrO4Si. The number of hydrogen-bond donors (Lipinski definition) is 1. The maximum absolute atomic E-state index is 11.4. The topological polar surface area (TPSA) is 59.7 Å². The molecule has 0 aliphatic rings. The number of fused-ring (bicyclic) bond motifs is 1. The van der Waals surface area contributed by atoms with E-state index in [9.17, 15) is 9.90 Å². The normalized spacial score (nSPS) is 12.6. The van der Waals surface area contributed by atoms with Crippen molar-refractivity contribution in [3.63, 3.8) is 0 Å². The van der Waals surface area contributed by atoms with E-state index in [2.05, 4.69) is 49.8 Å². The van der Waals surface area contributed by atoms with Crippen LogP contribution >= 0.6 is 15.9 Å². The van der Waals surface area contributed by atoms with E-state index < -0.39 is 14.3 Å². The maximum atomic E-state index is 11.4. The van der Waals surface area contributed by atoms with Crippen LogP contribution in [0.25, 0.3) is 11.0 Å². The Balaban J connectivity index is 2.63. The molecule has 22 heavy (non-hydrogen) atoms. The third-order valence-electron chi connectivity index (χ3n) is 4.28. The van der Waals surface area contributed by atoms with Gasteiger partial charge in [0.05, 0.1) is 5.39 Å². The second-order valence-corrected chi connectivity index (χ2v) is 12.1. The maximum Gasteiger partial charge on any atom is 0.372 e. The van der Waals surface area contributed by atoms with Gasteiger partial charge in [-0.2, -0.15) is 0 Å². The number of halogens is 1. The Bertz CT molecular complexity index is 713. The standard InChI is InChI=1S/C16H21BrO4Si/c1-16(2,3)22(4,5)21-12-8-6-7-11-13(12)10(9-17)14(20-11)15(18)19/h6-8H,9H2,1-5H3,(H,18,19). The average Bonchev–Trinajstić information content (AvgIpc) is 2.76. The molecule has 0 unspecified atom stereocenters. The molecule has 0 saturated heterocycles.